The first-order valence-corrected chi connectivity index (χ1v) is 5.53. The molecule has 2 N–H and O–H groups in total. The van der Waals surface area contributed by atoms with E-state index in [2.05, 4.69) is 5.16 Å². The quantitative estimate of drug-likeness (QED) is 0.769. The van der Waals surface area contributed by atoms with Crippen LogP contribution in [0.25, 0.3) is 22.2 Å². The summed E-state index contributed by atoms with van der Waals surface area (Å²) in [4.78, 5) is 0. The van der Waals surface area contributed by atoms with Crippen LogP contribution < -0.4 is 5.73 Å². The molecule has 0 saturated heterocycles. The Balaban J connectivity index is 0.00000120. The van der Waals surface area contributed by atoms with Gasteiger partial charge in [-0.2, -0.15) is 0 Å². The van der Waals surface area contributed by atoms with E-state index in [1.807, 2.05) is 48.5 Å². The summed E-state index contributed by atoms with van der Waals surface area (Å²) in [5.41, 5.74) is 9.52. The van der Waals surface area contributed by atoms with Crippen LogP contribution in [0.4, 0.5) is 0 Å². The molecular weight excluding hydrogens is 248 g/mol. The number of rotatable bonds is 2. The Kier molecular flexibility index (Phi) is 3.65. The molecule has 3 rings (SSSR count). The minimum Gasteiger partial charge on any atom is -0.356 e. The molecule has 2 aromatic carbocycles. The number of hydrogen-bond acceptors (Lipinski definition) is 3. The van der Waals surface area contributed by atoms with E-state index in [9.17, 15) is 0 Å². The summed E-state index contributed by atoms with van der Waals surface area (Å²) in [6, 6.07) is 15.8. The van der Waals surface area contributed by atoms with Crippen LogP contribution in [0, 0.1) is 0 Å². The highest BCUT2D eigenvalue weighted by Crippen LogP contribution is 2.29. The number of fused-ring (bicyclic) bond motifs is 1. The summed E-state index contributed by atoms with van der Waals surface area (Å²) in [7, 11) is 0. The molecule has 0 bridgehead atoms. The van der Waals surface area contributed by atoms with Crippen LogP contribution >= 0.6 is 12.4 Å². The van der Waals surface area contributed by atoms with Crippen LogP contribution in [0.2, 0.25) is 0 Å². The molecule has 4 heteroatoms. The van der Waals surface area contributed by atoms with Crippen molar-refractivity contribution in [1.29, 1.82) is 0 Å². The maximum absolute atomic E-state index is 5.74. The highest BCUT2D eigenvalue weighted by molar-refractivity contribution is 5.92. The van der Waals surface area contributed by atoms with Gasteiger partial charge in [-0.3, -0.25) is 0 Å². The third kappa shape index (κ3) is 1.98. The SMILES string of the molecule is Cl.NCc1ccccc1-c1noc2ccccc12. The standard InChI is InChI=1S/C14H12N2O.ClH/c15-9-10-5-1-2-6-11(10)14-12-7-3-4-8-13(12)17-16-14;/h1-8H,9,15H2;1H. The number of para-hydroxylation sites is 1. The number of halogens is 1. The summed E-state index contributed by atoms with van der Waals surface area (Å²) in [6.07, 6.45) is 0. The third-order valence-electron chi connectivity index (χ3n) is 2.87. The lowest BCUT2D eigenvalue weighted by Crippen LogP contribution is -1.98. The van der Waals surface area contributed by atoms with Crippen LogP contribution in [0.15, 0.2) is 53.1 Å². The second-order valence-electron chi connectivity index (χ2n) is 3.89. The molecule has 3 aromatic rings. The Morgan fingerprint density at radius 1 is 1.00 bits per heavy atom. The van der Waals surface area contributed by atoms with E-state index in [0.29, 0.717) is 6.54 Å². The Morgan fingerprint density at radius 3 is 2.56 bits per heavy atom. The first-order chi connectivity index (χ1) is 8.40. The fourth-order valence-electron chi connectivity index (χ4n) is 2.01. The number of nitrogens with two attached hydrogens (primary N) is 1. The van der Waals surface area contributed by atoms with Gasteiger partial charge >= 0.3 is 0 Å². The van der Waals surface area contributed by atoms with Gasteiger partial charge in [0, 0.05) is 17.5 Å². The van der Waals surface area contributed by atoms with Crippen LogP contribution in [-0.2, 0) is 6.54 Å². The number of nitrogens with zero attached hydrogens (tertiary/aromatic N) is 1. The second kappa shape index (κ2) is 5.21. The summed E-state index contributed by atoms with van der Waals surface area (Å²) >= 11 is 0. The highest BCUT2D eigenvalue weighted by atomic mass is 35.5. The van der Waals surface area contributed by atoms with Gasteiger partial charge in [0.05, 0.1) is 0 Å². The van der Waals surface area contributed by atoms with E-state index in [1.54, 1.807) is 0 Å². The predicted octanol–water partition coefficient (Wildman–Crippen LogP) is 3.38. The van der Waals surface area contributed by atoms with Crippen LogP contribution in [0.3, 0.4) is 0 Å². The zero-order valence-electron chi connectivity index (χ0n) is 9.67. The minimum absolute atomic E-state index is 0. The Hall–Kier alpha value is -1.84. The summed E-state index contributed by atoms with van der Waals surface area (Å²) in [6.45, 7) is 0.497. The van der Waals surface area contributed by atoms with Crippen molar-refractivity contribution < 1.29 is 4.52 Å². The lowest BCUT2D eigenvalue weighted by atomic mass is 10.0. The molecule has 3 nitrogen and oxygen atoms in total. The molecule has 18 heavy (non-hydrogen) atoms. The molecule has 0 aliphatic rings. The van der Waals surface area contributed by atoms with E-state index < -0.39 is 0 Å². The molecule has 0 aliphatic carbocycles. The van der Waals surface area contributed by atoms with Gasteiger partial charge in [-0.05, 0) is 17.7 Å². The van der Waals surface area contributed by atoms with Crippen molar-refractivity contribution in [3.8, 4) is 11.3 Å². The molecule has 1 aromatic heterocycles. The van der Waals surface area contributed by atoms with Crippen molar-refractivity contribution in [2.75, 3.05) is 0 Å². The van der Waals surface area contributed by atoms with Gasteiger partial charge in [-0.15, -0.1) is 12.4 Å². The van der Waals surface area contributed by atoms with Crippen LogP contribution in [0.1, 0.15) is 5.56 Å². The molecule has 0 atom stereocenters. The van der Waals surface area contributed by atoms with Gasteiger partial charge in [0.1, 0.15) is 5.69 Å². The molecule has 0 spiro atoms. The first kappa shape index (κ1) is 12.6. The van der Waals surface area contributed by atoms with Crippen molar-refractivity contribution in [3.05, 3.63) is 54.1 Å². The monoisotopic (exact) mass is 260 g/mol. The van der Waals surface area contributed by atoms with Crippen molar-refractivity contribution in [1.82, 2.24) is 5.16 Å². The largest absolute Gasteiger partial charge is 0.356 e. The topological polar surface area (TPSA) is 52.0 Å². The Morgan fingerprint density at radius 2 is 1.72 bits per heavy atom. The maximum atomic E-state index is 5.74. The van der Waals surface area contributed by atoms with E-state index in [1.165, 1.54) is 0 Å². The van der Waals surface area contributed by atoms with Crippen LogP contribution in [0.5, 0.6) is 0 Å². The highest BCUT2D eigenvalue weighted by Gasteiger charge is 2.11. The van der Waals surface area contributed by atoms with Crippen molar-refractivity contribution >= 4 is 23.4 Å². The smallest absolute Gasteiger partial charge is 0.167 e. The molecule has 0 saturated carbocycles. The zero-order chi connectivity index (χ0) is 11.7. The Labute approximate surface area is 111 Å². The Bertz CT molecular complexity index is 663. The van der Waals surface area contributed by atoms with Gasteiger partial charge in [0.2, 0.25) is 0 Å². The first-order valence-electron chi connectivity index (χ1n) is 5.53. The molecule has 0 radical (unpaired) electrons. The molecule has 1 heterocycles. The summed E-state index contributed by atoms with van der Waals surface area (Å²) in [5, 5.41) is 5.17. The van der Waals surface area contributed by atoms with E-state index >= 15 is 0 Å². The van der Waals surface area contributed by atoms with Crippen molar-refractivity contribution in [3.63, 3.8) is 0 Å². The molecule has 0 amide bonds. The summed E-state index contributed by atoms with van der Waals surface area (Å²) < 4.78 is 5.31. The minimum atomic E-state index is 0. The van der Waals surface area contributed by atoms with Gasteiger partial charge in [0.15, 0.2) is 5.58 Å². The average Bonchev–Trinajstić information content (AvgIpc) is 2.82. The zero-order valence-corrected chi connectivity index (χ0v) is 10.5. The van der Waals surface area contributed by atoms with Gasteiger partial charge in [-0.1, -0.05) is 41.6 Å². The lowest BCUT2D eigenvalue weighted by molar-refractivity contribution is 0.459. The fourth-order valence-corrected chi connectivity index (χ4v) is 2.01. The van der Waals surface area contributed by atoms with Crippen molar-refractivity contribution in [2.45, 2.75) is 6.54 Å². The molecule has 0 aliphatic heterocycles. The number of benzene rings is 2. The van der Waals surface area contributed by atoms with E-state index in [4.69, 9.17) is 10.3 Å². The summed E-state index contributed by atoms with van der Waals surface area (Å²) in [5.74, 6) is 0. The normalized spacial score (nSPS) is 10.3. The second-order valence-corrected chi connectivity index (χ2v) is 3.89. The van der Waals surface area contributed by atoms with Crippen LogP contribution in [-0.4, -0.2) is 5.16 Å². The number of hydrogen-bond donors (Lipinski definition) is 1. The van der Waals surface area contributed by atoms with Gasteiger partial charge in [-0.25, -0.2) is 0 Å². The van der Waals surface area contributed by atoms with Gasteiger partial charge < -0.3 is 10.3 Å². The molecular formula is C14H13ClN2O. The predicted molar refractivity (Wildman–Crippen MR) is 74.6 cm³/mol. The lowest BCUT2D eigenvalue weighted by Gasteiger charge is -2.03. The number of aromatic nitrogens is 1. The fraction of sp³-hybridized carbons (Fsp3) is 0.0714. The third-order valence-corrected chi connectivity index (χ3v) is 2.87. The van der Waals surface area contributed by atoms with Crippen molar-refractivity contribution in [2.24, 2.45) is 5.73 Å². The molecule has 92 valence electrons. The average molecular weight is 261 g/mol. The molecule has 0 unspecified atom stereocenters. The van der Waals surface area contributed by atoms with E-state index in [0.717, 1.165) is 27.8 Å². The van der Waals surface area contributed by atoms with Gasteiger partial charge in [0.25, 0.3) is 0 Å². The van der Waals surface area contributed by atoms with E-state index in [-0.39, 0.29) is 12.4 Å². The maximum Gasteiger partial charge on any atom is 0.167 e. The molecule has 0 fully saturated rings.